The third-order valence-electron chi connectivity index (χ3n) is 3.60. The van der Waals surface area contributed by atoms with Gasteiger partial charge in [0.2, 0.25) is 0 Å². The minimum Gasteiger partial charge on any atom is -0.313 e. The van der Waals surface area contributed by atoms with E-state index in [9.17, 15) is 4.39 Å². The molecule has 1 heterocycles. The summed E-state index contributed by atoms with van der Waals surface area (Å²) in [6, 6.07) is 4.83. The number of benzene rings is 1. The fourth-order valence-corrected chi connectivity index (χ4v) is 2.90. The molecule has 4 heteroatoms. The van der Waals surface area contributed by atoms with E-state index in [1.165, 1.54) is 45.0 Å². The quantitative estimate of drug-likeness (QED) is 0.803. The van der Waals surface area contributed by atoms with E-state index in [-0.39, 0.29) is 5.82 Å². The first kappa shape index (κ1) is 14.9. The lowest BCUT2D eigenvalue weighted by molar-refractivity contribution is 0.225. The van der Waals surface area contributed by atoms with E-state index < -0.39 is 0 Å². The van der Waals surface area contributed by atoms with Crippen molar-refractivity contribution in [3.8, 4) is 0 Å². The standard InChI is InChI=1S/C15H22BrFN2/c16-15-6-5-14(17)11-13(15)12-18-7-4-10-19-8-2-1-3-9-19/h5-6,11,18H,1-4,7-10,12H2. The van der Waals surface area contributed by atoms with Crippen LogP contribution < -0.4 is 5.32 Å². The van der Waals surface area contributed by atoms with Crippen LogP contribution in [-0.2, 0) is 6.54 Å². The van der Waals surface area contributed by atoms with E-state index in [0.29, 0.717) is 0 Å². The van der Waals surface area contributed by atoms with Gasteiger partial charge in [-0.1, -0.05) is 22.4 Å². The molecule has 0 spiro atoms. The Morgan fingerprint density at radius 1 is 1.21 bits per heavy atom. The molecule has 1 aromatic carbocycles. The minimum atomic E-state index is -0.173. The molecular formula is C15H22BrFN2. The van der Waals surface area contributed by atoms with Crippen LogP contribution in [0.3, 0.4) is 0 Å². The van der Waals surface area contributed by atoms with Crippen molar-refractivity contribution >= 4 is 15.9 Å². The van der Waals surface area contributed by atoms with Crippen molar-refractivity contribution in [3.63, 3.8) is 0 Å². The highest BCUT2D eigenvalue weighted by Crippen LogP contribution is 2.17. The molecule has 0 aromatic heterocycles. The van der Waals surface area contributed by atoms with Crippen LogP contribution in [0.25, 0.3) is 0 Å². The SMILES string of the molecule is Fc1ccc(Br)c(CNCCCN2CCCCC2)c1. The molecule has 1 saturated heterocycles. The second kappa shape index (κ2) is 7.98. The Kier molecular flexibility index (Phi) is 6.28. The largest absolute Gasteiger partial charge is 0.313 e. The van der Waals surface area contributed by atoms with Gasteiger partial charge in [-0.2, -0.15) is 0 Å². The monoisotopic (exact) mass is 328 g/mol. The topological polar surface area (TPSA) is 15.3 Å². The zero-order chi connectivity index (χ0) is 13.5. The van der Waals surface area contributed by atoms with Crippen molar-refractivity contribution in [1.82, 2.24) is 10.2 Å². The van der Waals surface area contributed by atoms with E-state index in [1.807, 2.05) is 0 Å². The van der Waals surface area contributed by atoms with Gasteiger partial charge in [0.25, 0.3) is 0 Å². The van der Waals surface area contributed by atoms with Gasteiger partial charge in [0.1, 0.15) is 5.82 Å². The molecule has 0 atom stereocenters. The number of hydrogen-bond donors (Lipinski definition) is 1. The zero-order valence-corrected chi connectivity index (χ0v) is 12.9. The second-order valence-corrected chi connectivity index (χ2v) is 6.02. The normalized spacial score (nSPS) is 16.7. The fourth-order valence-electron chi connectivity index (χ4n) is 2.51. The summed E-state index contributed by atoms with van der Waals surface area (Å²) in [5.41, 5.74) is 0.984. The highest BCUT2D eigenvalue weighted by molar-refractivity contribution is 9.10. The Morgan fingerprint density at radius 2 is 2.00 bits per heavy atom. The Labute approximate surface area is 123 Å². The molecule has 2 rings (SSSR count). The van der Waals surface area contributed by atoms with E-state index in [0.717, 1.165) is 29.5 Å². The maximum Gasteiger partial charge on any atom is 0.123 e. The molecule has 2 nitrogen and oxygen atoms in total. The molecule has 1 aliphatic rings. The molecule has 0 bridgehead atoms. The van der Waals surface area contributed by atoms with Crippen LogP contribution in [0.2, 0.25) is 0 Å². The maximum atomic E-state index is 13.1. The smallest absolute Gasteiger partial charge is 0.123 e. The van der Waals surface area contributed by atoms with Crippen LogP contribution >= 0.6 is 15.9 Å². The maximum absolute atomic E-state index is 13.1. The molecular weight excluding hydrogens is 307 g/mol. The molecule has 0 radical (unpaired) electrons. The second-order valence-electron chi connectivity index (χ2n) is 5.17. The molecule has 0 saturated carbocycles. The number of nitrogens with zero attached hydrogens (tertiary/aromatic N) is 1. The summed E-state index contributed by atoms with van der Waals surface area (Å²) in [7, 11) is 0. The van der Waals surface area contributed by atoms with Crippen molar-refractivity contribution in [2.45, 2.75) is 32.2 Å². The molecule has 1 aliphatic heterocycles. The van der Waals surface area contributed by atoms with E-state index in [2.05, 4.69) is 26.1 Å². The molecule has 0 aliphatic carbocycles. The predicted octanol–water partition coefficient (Wildman–Crippen LogP) is 3.55. The Hall–Kier alpha value is -0.450. The summed E-state index contributed by atoms with van der Waals surface area (Å²) in [5, 5.41) is 3.39. The van der Waals surface area contributed by atoms with E-state index in [4.69, 9.17) is 0 Å². The predicted molar refractivity (Wildman–Crippen MR) is 80.7 cm³/mol. The van der Waals surface area contributed by atoms with Crippen molar-refractivity contribution in [2.75, 3.05) is 26.2 Å². The third-order valence-corrected chi connectivity index (χ3v) is 4.37. The summed E-state index contributed by atoms with van der Waals surface area (Å²) in [6.45, 7) is 5.40. The zero-order valence-electron chi connectivity index (χ0n) is 11.3. The van der Waals surface area contributed by atoms with Crippen molar-refractivity contribution in [2.24, 2.45) is 0 Å². The highest BCUT2D eigenvalue weighted by Gasteiger charge is 2.08. The van der Waals surface area contributed by atoms with Gasteiger partial charge in [0, 0.05) is 11.0 Å². The molecule has 1 fully saturated rings. The minimum absolute atomic E-state index is 0.173. The number of piperidine rings is 1. The lowest BCUT2D eigenvalue weighted by Gasteiger charge is -2.26. The number of halogens is 2. The summed E-state index contributed by atoms with van der Waals surface area (Å²) < 4.78 is 14.1. The van der Waals surface area contributed by atoms with Gasteiger partial charge in [-0.05, 0) is 69.2 Å². The van der Waals surface area contributed by atoms with Gasteiger partial charge in [0.05, 0.1) is 0 Å². The first-order chi connectivity index (χ1) is 9.25. The van der Waals surface area contributed by atoms with Crippen LogP contribution in [0.5, 0.6) is 0 Å². The van der Waals surface area contributed by atoms with Crippen LogP contribution in [0.4, 0.5) is 4.39 Å². The van der Waals surface area contributed by atoms with Crippen molar-refractivity contribution in [1.29, 1.82) is 0 Å². The number of nitrogens with one attached hydrogen (secondary N) is 1. The van der Waals surface area contributed by atoms with Gasteiger partial charge in [-0.25, -0.2) is 4.39 Å². The Morgan fingerprint density at radius 3 is 2.79 bits per heavy atom. The van der Waals surface area contributed by atoms with Gasteiger partial charge in [-0.15, -0.1) is 0 Å². The number of hydrogen-bond acceptors (Lipinski definition) is 2. The van der Waals surface area contributed by atoms with Crippen molar-refractivity contribution in [3.05, 3.63) is 34.1 Å². The Balaban J connectivity index is 1.62. The Bertz CT molecular complexity index is 392. The van der Waals surface area contributed by atoms with Crippen LogP contribution in [0.15, 0.2) is 22.7 Å². The van der Waals surface area contributed by atoms with Crippen LogP contribution in [-0.4, -0.2) is 31.1 Å². The summed E-state index contributed by atoms with van der Waals surface area (Å²) in [5.74, 6) is -0.173. The summed E-state index contributed by atoms with van der Waals surface area (Å²) in [4.78, 5) is 2.54. The average Bonchev–Trinajstić information content (AvgIpc) is 2.43. The summed E-state index contributed by atoms with van der Waals surface area (Å²) >= 11 is 3.45. The third kappa shape index (κ3) is 5.21. The van der Waals surface area contributed by atoms with Crippen molar-refractivity contribution < 1.29 is 4.39 Å². The molecule has 1 aromatic rings. The molecule has 1 N–H and O–H groups in total. The lowest BCUT2D eigenvalue weighted by atomic mass is 10.1. The average molecular weight is 329 g/mol. The number of rotatable bonds is 6. The molecule has 106 valence electrons. The van der Waals surface area contributed by atoms with Gasteiger partial charge in [0.15, 0.2) is 0 Å². The highest BCUT2D eigenvalue weighted by atomic mass is 79.9. The van der Waals surface area contributed by atoms with Gasteiger partial charge in [-0.3, -0.25) is 0 Å². The van der Waals surface area contributed by atoms with E-state index >= 15 is 0 Å². The van der Waals surface area contributed by atoms with Crippen LogP contribution in [0.1, 0.15) is 31.2 Å². The van der Waals surface area contributed by atoms with Gasteiger partial charge < -0.3 is 10.2 Å². The van der Waals surface area contributed by atoms with Gasteiger partial charge >= 0.3 is 0 Å². The van der Waals surface area contributed by atoms with E-state index in [1.54, 1.807) is 12.1 Å². The fraction of sp³-hybridized carbons (Fsp3) is 0.600. The first-order valence-electron chi connectivity index (χ1n) is 7.13. The molecule has 19 heavy (non-hydrogen) atoms. The number of likely N-dealkylation sites (tertiary alicyclic amines) is 1. The molecule has 0 amide bonds. The lowest BCUT2D eigenvalue weighted by Crippen LogP contribution is -2.32. The van der Waals surface area contributed by atoms with Crippen LogP contribution in [0, 0.1) is 5.82 Å². The first-order valence-corrected chi connectivity index (χ1v) is 7.92. The molecule has 0 unspecified atom stereocenters. The summed E-state index contributed by atoms with van der Waals surface area (Å²) in [6.07, 6.45) is 5.25.